The van der Waals surface area contributed by atoms with E-state index in [1.165, 1.54) is 0 Å². The maximum absolute atomic E-state index is 11.5. The number of hydrogen-bond acceptors (Lipinski definition) is 3. The minimum Gasteiger partial charge on any atom is -0.479 e. The Bertz CT molecular complexity index is 616. The van der Waals surface area contributed by atoms with Crippen molar-refractivity contribution < 1.29 is 19.4 Å². The molecule has 112 valence electrons. The number of aromatic nitrogens is 1. The van der Waals surface area contributed by atoms with Gasteiger partial charge in [0.05, 0.1) is 6.10 Å². The van der Waals surface area contributed by atoms with Crippen LogP contribution in [0.15, 0.2) is 30.5 Å². The average Bonchev–Trinajstić information content (AvgIpc) is 2.91. The van der Waals surface area contributed by atoms with Crippen molar-refractivity contribution in [1.82, 2.24) is 4.98 Å². The van der Waals surface area contributed by atoms with E-state index in [-0.39, 0.29) is 6.10 Å². The van der Waals surface area contributed by atoms with Crippen molar-refractivity contribution in [3.8, 4) is 0 Å². The number of fused-ring (bicyclic) bond motifs is 1. The normalized spacial score (nSPS) is 17.9. The molecule has 2 N–H and O–H groups in total. The molecule has 0 unspecified atom stereocenters. The third-order valence-corrected chi connectivity index (χ3v) is 3.88. The van der Waals surface area contributed by atoms with Gasteiger partial charge in [0.15, 0.2) is 6.10 Å². The molecule has 0 radical (unpaired) electrons. The summed E-state index contributed by atoms with van der Waals surface area (Å²) in [6.45, 7) is 1.29. The van der Waals surface area contributed by atoms with Gasteiger partial charge in [0.1, 0.15) is 0 Å². The van der Waals surface area contributed by atoms with E-state index in [0.29, 0.717) is 19.6 Å². The highest BCUT2D eigenvalue weighted by Gasteiger charge is 2.25. The summed E-state index contributed by atoms with van der Waals surface area (Å²) in [5.41, 5.74) is 1.99. The average molecular weight is 289 g/mol. The molecule has 3 rings (SSSR count). The Morgan fingerprint density at radius 2 is 2.14 bits per heavy atom. The van der Waals surface area contributed by atoms with Crippen LogP contribution in [-0.2, 0) is 20.7 Å². The first kappa shape index (κ1) is 14.1. The number of nitrogens with one attached hydrogen (secondary N) is 1. The number of benzene rings is 1. The van der Waals surface area contributed by atoms with Gasteiger partial charge in [-0.2, -0.15) is 0 Å². The minimum absolute atomic E-state index is 0.0231. The highest BCUT2D eigenvalue weighted by molar-refractivity contribution is 5.84. The van der Waals surface area contributed by atoms with Gasteiger partial charge in [-0.1, -0.05) is 18.2 Å². The van der Waals surface area contributed by atoms with Gasteiger partial charge >= 0.3 is 5.97 Å². The Balaban J connectivity index is 1.74. The molecule has 5 nitrogen and oxygen atoms in total. The van der Waals surface area contributed by atoms with Crippen molar-refractivity contribution in [1.29, 1.82) is 0 Å². The summed E-state index contributed by atoms with van der Waals surface area (Å²) < 4.78 is 11.1. The topological polar surface area (TPSA) is 71.5 Å². The van der Waals surface area contributed by atoms with Gasteiger partial charge < -0.3 is 19.6 Å². The fourth-order valence-corrected chi connectivity index (χ4v) is 2.74. The van der Waals surface area contributed by atoms with Crippen LogP contribution in [0.25, 0.3) is 10.9 Å². The lowest BCUT2D eigenvalue weighted by atomic mass is 10.1. The van der Waals surface area contributed by atoms with Gasteiger partial charge in [-0.05, 0) is 24.5 Å². The number of aromatic amines is 1. The number of H-pyrrole nitrogens is 1. The number of carboxylic acid groups (broad SMARTS) is 1. The highest BCUT2D eigenvalue weighted by Crippen LogP contribution is 2.21. The number of aliphatic carboxylic acids is 1. The summed E-state index contributed by atoms with van der Waals surface area (Å²) in [5, 5.41) is 10.5. The zero-order valence-electron chi connectivity index (χ0n) is 11.7. The van der Waals surface area contributed by atoms with E-state index in [4.69, 9.17) is 9.47 Å². The number of rotatable bonds is 5. The van der Waals surface area contributed by atoms with Crippen molar-refractivity contribution in [3.63, 3.8) is 0 Å². The first-order valence-electron chi connectivity index (χ1n) is 7.25. The van der Waals surface area contributed by atoms with Crippen molar-refractivity contribution in [2.45, 2.75) is 31.5 Å². The monoisotopic (exact) mass is 289 g/mol. The predicted octanol–water partition coefficient (Wildman–Crippen LogP) is 2.36. The van der Waals surface area contributed by atoms with Crippen molar-refractivity contribution in [2.75, 3.05) is 13.2 Å². The summed E-state index contributed by atoms with van der Waals surface area (Å²) in [4.78, 5) is 14.6. The lowest BCUT2D eigenvalue weighted by Gasteiger charge is -2.25. The van der Waals surface area contributed by atoms with Crippen molar-refractivity contribution in [3.05, 3.63) is 36.0 Å². The third kappa shape index (κ3) is 3.25. The number of carboxylic acids is 1. The molecule has 0 saturated carbocycles. The first-order valence-corrected chi connectivity index (χ1v) is 7.25. The van der Waals surface area contributed by atoms with Crippen LogP contribution in [0, 0.1) is 0 Å². The van der Waals surface area contributed by atoms with Crippen LogP contribution in [0.3, 0.4) is 0 Å². The molecular weight excluding hydrogens is 270 g/mol. The van der Waals surface area contributed by atoms with E-state index in [9.17, 15) is 9.90 Å². The van der Waals surface area contributed by atoms with Crippen LogP contribution in [0.5, 0.6) is 0 Å². The number of carbonyl (C=O) groups is 1. The summed E-state index contributed by atoms with van der Waals surface area (Å²) in [6.07, 6.45) is 2.93. The molecule has 1 fully saturated rings. The molecule has 2 heterocycles. The van der Waals surface area contributed by atoms with Gasteiger partial charge in [0, 0.05) is 36.7 Å². The second-order valence-electron chi connectivity index (χ2n) is 5.34. The van der Waals surface area contributed by atoms with Crippen LogP contribution >= 0.6 is 0 Å². The van der Waals surface area contributed by atoms with Crippen LogP contribution in [0.2, 0.25) is 0 Å². The Labute approximate surface area is 122 Å². The first-order chi connectivity index (χ1) is 10.2. The van der Waals surface area contributed by atoms with Crippen molar-refractivity contribution in [2.24, 2.45) is 0 Å². The molecule has 0 bridgehead atoms. The molecule has 1 saturated heterocycles. The molecule has 5 heteroatoms. The summed E-state index contributed by atoms with van der Waals surface area (Å²) in [6, 6.07) is 7.88. The Morgan fingerprint density at radius 1 is 1.38 bits per heavy atom. The van der Waals surface area contributed by atoms with E-state index in [1.807, 2.05) is 30.5 Å². The van der Waals surface area contributed by atoms with E-state index < -0.39 is 12.1 Å². The molecule has 1 aromatic carbocycles. The molecule has 0 spiro atoms. The maximum atomic E-state index is 11.5. The van der Waals surface area contributed by atoms with Gasteiger partial charge in [0.25, 0.3) is 0 Å². The molecule has 0 aliphatic carbocycles. The Kier molecular flexibility index (Phi) is 4.22. The zero-order chi connectivity index (χ0) is 14.7. The van der Waals surface area contributed by atoms with E-state index in [2.05, 4.69) is 4.98 Å². The molecule has 0 amide bonds. The summed E-state index contributed by atoms with van der Waals surface area (Å²) >= 11 is 0. The predicted molar refractivity (Wildman–Crippen MR) is 78.4 cm³/mol. The van der Waals surface area contributed by atoms with Gasteiger partial charge in [-0.3, -0.25) is 0 Å². The molecule has 1 aliphatic heterocycles. The quantitative estimate of drug-likeness (QED) is 0.886. The smallest absolute Gasteiger partial charge is 0.333 e. The largest absolute Gasteiger partial charge is 0.479 e. The van der Waals surface area contributed by atoms with Crippen molar-refractivity contribution >= 4 is 16.9 Å². The summed E-state index contributed by atoms with van der Waals surface area (Å²) in [5.74, 6) is -0.910. The SMILES string of the molecule is O=C(O)[C@H](Cc1c[nH]c2ccccc12)OC1CCOCC1. The minimum atomic E-state index is -0.910. The zero-order valence-corrected chi connectivity index (χ0v) is 11.7. The van der Waals surface area contributed by atoms with Crippen LogP contribution in [0.4, 0.5) is 0 Å². The highest BCUT2D eigenvalue weighted by atomic mass is 16.5. The van der Waals surface area contributed by atoms with E-state index >= 15 is 0 Å². The second-order valence-corrected chi connectivity index (χ2v) is 5.34. The van der Waals surface area contributed by atoms with Crippen LogP contribution in [0.1, 0.15) is 18.4 Å². The molecule has 1 atom stereocenters. The second kappa shape index (κ2) is 6.28. The van der Waals surface area contributed by atoms with Crippen LogP contribution < -0.4 is 0 Å². The lowest BCUT2D eigenvalue weighted by Crippen LogP contribution is -2.34. The maximum Gasteiger partial charge on any atom is 0.333 e. The van der Waals surface area contributed by atoms with E-state index in [0.717, 1.165) is 29.3 Å². The number of hydrogen-bond donors (Lipinski definition) is 2. The Morgan fingerprint density at radius 3 is 2.90 bits per heavy atom. The molecular formula is C16H19NO4. The fraction of sp³-hybridized carbons (Fsp3) is 0.438. The lowest BCUT2D eigenvalue weighted by molar-refractivity contribution is -0.157. The summed E-state index contributed by atoms with van der Waals surface area (Å²) in [7, 11) is 0. The molecule has 1 aromatic heterocycles. The van der Waals surface area contributed by atoms with Gasteiger partial charge in [-0.15, -0.1) is 0 Å². The number of ether oxygens (including phenoxy) is 2. The van der Waals surface area contributed by atoms with E-state index in [1.54, 1.807) is 0 Å². The molecule has 1 aliphatic rings. The molecule has 2 aromatic rings. The van der Waals surface area contributed by atoms with Crippen LogP contribution in [-0.4, -0.2) is 41.5 Å². The number of para-hydroxylation sites is 1. The van der Waals surface area contributed by atoms with Gasteiger partial charge in [-0.25, -0.2) is 4.79 Å². The molecule has 21 heavy (non-hydrogen) atoms. The van der Waals surface area contributed by atoms with Gasteiger partial charge in [0.2, 0.25) is 0 Å². The fourth-order valence-electron chi connectivity index (χ4n) is 2.74. The third-order valence-electron chi connectivity index (χ3n) is 3.88. The Hall–Kier alpha value is -1.85. The standard InChI is InChI=1S/C16H19NO4/c18-16(19)15(21-12-5-7-20-8-6-12)9-11-10-17-14-4-2-1-3-13(11)14/h1-4,10,12,15,17H,5-9H2,(H,18,19)/t15-/m0/s1.